The van der Waals surface area contributed by atoms with E-state index in [4.69, 9.17) is 4.42 Å². The van der Waals surface area contributed by atoms with Crippen molar-refractivity contribution in [3.63, 3.8) is 0 Å². The Morgan fingerprint density at radius 1 is 1.29 bits per heavy atom. The van der Waals surface area contributed by atoms with Crippen LogP contribution in [0.15, 0.2) is 75.2 Å². The maximum absolute atomic E-state index is 12.4. The second kappa shape index (κ2) is 7.48. The fourth-order valence-electron chi connectivity index (χ4n) is 3.32. The molecule has 0 unspecified atom stereocenters. The Morgan fingerprint density at radius 3 is 2.93 bits per heavy atom. The lowest BCUT2D eigenvalue weighted by Crippen LogP contribution is -2.16. The molecule has 0 bridgehead atoms. The Hall–Kier alpha value is -3.12. The summed E-state index contributed by atoms with van der Waals surface area (Å²) >= 11 is 3.41. The molecule has 0 radical (unpaired) electrons. The van der Waals surface area contributed by atoms with Crippen LogP contribution in [0.5, 0.6) is 0 Å². The van der Waals surface area contributed by atoms with Gasteiger partial charge in [0.1, 0.15) is 5.58 Å². The van der Waals surface area contributed by atoms with Gasteiger partial charge in [-0.15, -0.1) is 6.58 Å². The van der Waals surface area contributed by atoms with E-state index >= 15 is 0 Å². The molecule has 1 N–H and O–H groups in total. The Bertz CT molecular complexity index is 1230. The number of amides is 1. The molecule has 0 spiro atoms. The topological polar surface area (TPSA) is 59.5 Å². The highest BCUT2D eigenvalue weighted by molar-refractivity contribution is 9.10. The van der Waals surface area contributed by atoms with Crippen molar-refractivity contribution in [2.24, 2.45) is 5.10 Å². The number of nitrogens with zero attached hydrogens (tertiary/aromatic N) is 2. The lowest BCUT2D eigenvalue weighted by atomic mass is 10.1. The SMILES string of the molecule is C=CCn1c(C)c(/C=N/NC(=O)c2cc3cc(Br)ccc3o2)c2ccccc21. The van der Waals surface area contributed by atoms with Gasteiger partial charge in [0.15, 0.2) is 5.76 Å². The van der Waals surface area contributed by atoms with E-state index in [1.807, 2.05) is 49.4 Å². The van der Waals surface area contributed by atoms with Crippen molar-refractivity contribution < 1.29 is 9.21 Å². The predicted molar refractivity (Wildman–Crippen MR) is 116 cm³/mol. The zero-order chi connectivity index (χ0) is 19.7. The van der Waals surface area contributed by atoms with E-state index in [0.717, 1.165) is 32.0 Å². The van der Waals surface area contributed by atoms with Crippen molar-refractivity contribution in [2.45, 2.75) is 13.5 Å². The van der Waals surface area contributed by atoms with Crippen LogP contribution < -0.4 is 5.43 Å². The highest BCUT2D eigenvalue weighted by Crippen LogP contribution is 2.25. The monoisotopic (exact) mass is 435 g/mol. The first-order valence-corrected chi connectivity index (χ1v) is 9.59. The number of nitrogens with one attached hydrogen (secondary N) is 1. The van der Waals surface area contributed by atoms with Crippen LogP contribution in [0, 0.1) is 6.92 Å². The molecule has 2 heterocycles. The van der Waals surface area contributed by atoms with Crippen molar-refractivity contribution in [1.29, 1.82) is 0 Å². The second-order valence-electron chi connectivity index (χ2n) is 6.41. The normalized spacial score (nSPS) is 11.5. The average molecular weight is 436 g/mol. The summed E-state index contributed by atoms with van der Waals surface area (Å²) in [6.45, 7) is 6.57. The van der Waals surface area contributed by atoms with Gasteiger partial charge in [0.25, 0.3) is 0 Å². The Kier molecular flexibility index (Phi) is 4.88. The summed E-state index contributed by atoms with van der Waals surface area (Å²) in [5.74, 6) is -0.174. The summed E-state index contributed by atoms with van der Waals surface area (Å²) in [4.78, 5) is 12.4. The third kappa shape index (κ3) is 3.27. The number of para-hydroxylation sites is 1. The summed E-state index contributed by atoms with van der Waals surface area (Å²) in [6, 6.07) is 15.4. The van der Waals surface area contributed by atoms with Gasteiger partial charge in [0.05, 0.1) is 6.21 Å². The minimum atomic E-state index is -0.393. The molecule has 0 fully saturated rings. The largest absolute Gasteiger partial charge is 0.451 e. The number of fused-ring (bicyclic) bond motifs is 2. The minimum absolute atomic E-state index is 0.219. The molecule has 6 heteroatoms. The molecule has 0 aliphatic rings. The van der Waals surface area contributed by atoms with Crippen molar-refractivity contribution in [3.05, 3.63) is 82.7 Å². The predicted octanol–water partition coefficient (Wildman–Crippen LogP) is 5.41. The van der Waals surface area contributed by atoms with E-state index in [0.29, 0.717) is 12.1 Å². The van der Waals surface area contributed by atoms with E-state index in [9.17, 15) is 4.79 Å². The number of aromatic nitrogens is 1. The molecule has 0 aliphatic carbocycles. The maximum atomic E-state index is 12.4. The van der Waals surface area contributed by atoms with E-state index in [2.05, 4.69) is 43.7 Å². The summed E-state index contributed by atoms with van der Waals surface area (Å²) in [6.07, 6.45) is 3.54. The highest BCUT2D eigenvalue weighted by atomic mass is 79.9. The maximum Gasteiger partial charge on any atom is 0.307 e. The molecule has 28 heavy (non-hydrogen) atoms. The lowest BCUT2D eigenvalue weighted by Gasteiger charge is -2.03. The third-order valence-electron chi connectivity index (χ3n) is 4.65. The number of halogens is 1. The molecule has 5 nitrogen and oxygen atoms in total. The fourth-order valence-corrected chi connectivity index (χ4v) is 3.70. The molecule has 2 aromatic heterocycles. The molecule has 0 aliphatic heterocycles. The molecule has 4 aromatic rings. The van der Waals surface area contributed by atoms with Crippen LogP contribution in [0.4, 0.5) is 0 Å². The molecule has 1 amide bonds. The average Bonchev–Trinajstić information content (AvgIpc) is 3.22. The van der Waals surface area contributed by atoms with Gasteiger partial charge < -0.3 is 8.98 Å². The molecule has 0 saturated heterocycles. The number of carbonyl (C=O) groups excluding carboxylic acids is 1. The van der Waals surface area contributed by atoms with E-state index in [-0.39, 0.29) is 5.76 Å². The van der Waals surface area contributed by atoms with Crippen LogP contribution in [0.25, 0.3) is 21.9 Å². The first-order chi connectivity index (χ1) is 13.6. The molecule has 4 rings (SSSR count). The molecule has 0 saturated carbocycles. The summed E-state index contributed by atoms with van der Waals surface area (Å²) < 4.78 is 8.69. The van der Waals surface area contributed by atoms with Crippen LogP contribution in [0.1, 0.15) is 21.8 Å². The Balaban J connectivity index is 1.60. The Labute approximate surface area is 170 Å². The Morgan fingerprint density at radius 2 is 2.11 bits per heavy atom. The van der Waals surface area contributed by atoms with Gasteiger partial charge in [0.2, 0.25) is 0 Å². The van der Waals surface area contributed by atoms with Crippen molar-refractivity contribution >= 4 is 49.9 Å². The van der Waals surface area contributed by atoms with Gasteiger partial charge in [0, 0.05) is 38.6 Å². The number of benzene rings is 2. The zero-order valence-corrected chi connectivity index (χ0v) is 16.9. The van der Waals surface area contributed by atoms with E-state index < -0.39 is 5.91 Å². The number of hydrogen-bond acceptors (Lipinski definition) is 3. The van der Waals surface area contributed by atoms with Gasteiger partial charge in [-0.2, -0.15) is 5.10 Å². The van der Waals surface area contributed by atoms with Crippen molar-refractivity contribution in [1.82, 2.24) is 9.99 Å². The van der Waals surface area contributed by atoms with E-state index in [1.165, 1.54) is 0 Å². The van der Waals surface area contributed by atoms with Crippen LogP contribution in [0.2, 0.25) is 0 Å². The number of carbonyl (C=O) groups is 1. The summed E-state index contributed by atoms with van der Waals surface area (Å²) in [7, 11) is 0. The van der Waals surface area contributed by atoms with Crippen LogP contribution >= 0.6 is 15.9 Å². The number of rotatable bonds is 5. The lowest BCUT2D eigenvalue weighted by molar-refractivity contribution is 0.0929. The molecule has 2 aromatic carbocycles. The second-order valence-corrected chi connectivity index (χ2v) is 7.32. The molecule has 140 valence electrons. The number of hydrazone groups is 1. The minimum Gasteiger partial charge on any atom is -0.451 e. The fraction of sp³-hybridized carbons (Fsp3) is 0.0909. The highest BCUT2D eigenvalue weighted by Gasteiger charge is 2.13. The summed E-state index contributed by atoms with van der Waals surface area (Å²) in [5, 5.41) is 6.09. The zero-order valence-electron chi connectivity index (χ0n) is 15.3. The van der Waals surface area contributed by atoms with Gasteiger partial charge in [-0.25, -0.2) is 5.43 Å². The first-order valence-electron chi connectivity index (χ1n) is 8.79. The van der Waals surface area contributed by atoms with Crippen LogP contribution in [0.3, 0.4) is 0 Å². The number of furan rings is 1. The first kappa shape index (κ1) is 18.3. The van der Waals surface area contributed by atoms with Gasteiger partial charge in [-0.1, -0.05) is 40.2 Å². The number of hydrogen-bond donors (Lipinski definition) is 1. The van der Waals surface area contributed by atoms with Crippen molar-refractivity contribution in [2.75, 3.05) is 0 Å². The molecular formula is C22H18BrN3O2. The van der Waals surface area contributed by atoms with Crippen molar-refractivity contribution in [3.8, 4) is 0 Å². The molecule has 0 atom stereocenters. The van der Waals surface area contributed by atoms with Gasteiger partial charge in [-0.3, -0.25) is 4.79 Å². The van der Waals surface area contributed by atoms with Gasteiger partial charge >= 0.3 is 5.91 Å². The van der Waals surface area contributed by atoms with Crippen LogP contribution in [-0.4, -0.2) is 16.7 Å². The quantitative estimate of drug-likeness (QED) is 0.259. The number of allylic oxidation sites excluding steroid dienone is 1. The third-order valence-corrected chi connectivity index (χ3v) is 5.15. The summed E-state index contributed by atoms with van der Waals surface area (Å²) in [5.41, 5.74) is 6.34. The van der Waals surface area contributed by atoms with Gasteiger partial charge in [-0.05, 0) is 37.3 Å². The molecular weight excluding hydrogens is 418 g/mol. The standard InChI is InChI=1S/C22H18BrN3O2/c1-3-10-26-14(2)18(17-6-4-5-7-19(17)26)13-24-25-22(27)21-12-15-11-16(23)8-9-20(15)28-21/h3-9,11-13H,1,10H2,2H3,(H,25,27)/b24-13+. The van der Waals surface area contributed by atoms with Crippen LogP contribution in [-0.2, 0) is 6.54 Å². The smallest absolute Gasteiger partial charge is 0.307 e. The van der Waals surface area contributed by atoms with E-state index in [1.54, 1.807) is 12.3 Å².